The fourth-order valence-electron chi connectivity index (χ4n) is 4.31. The van der Waals surface area contributed by atoms with Gasteiger partial charge in [-0.25, -0.2) is 4.98 Å². The highest BCUT2D eigenvalue weighted by Crippen LogP contribution is 2.37. The second kappa shape index (κ2) is 11.0. The van der Waals surface area contributed by atoms with Crippen LogP contribution in [0.25, 0.3) is 22.6 Å². The van der Waals surface area contributed by atoms with Crippen LogP contribution in [0.1, 0.15) is 19.3 Å². The fourth-order valence-corrected chi connectivity index (χ4v) is 5.23. The van der Waals surface area contributed by atoms with E-state index >= 15 is 0 Å². The van der Waals surface area contributed by atoms with Gasteiger partial charge in [-0.1, -0.05) is 90.1 Å². The lowest BCUT2D eigenvalue weighted by Crippen LogP contribution is -2.30. The first-order valence-electron chi connectivity index (χ1n) is 11.8. The molecule has 1 amide bonds. The van der Waals surface area contributed by atoms with E-state index in [-0.39, 0.29) is 11.7 Å². The average molecular weight is 504 g/mol. The number of carbonyl (C=O) groups excluding carboxylic acids is 1. The zero-order valence-corrected chi connectivity index (χ0v) is 20.8. The fraction of sp³-hybridized carbons (Fsp3) is 0.214. The quantitative estimate of drug-likeness (QED) is 0.266. The van der Waals surface area contributed by atoms with Crippen molar-refractivity contribution in [1.82, 2.24) is 4.98 Å². The van der Waals surface area contributed by atoms with Crippen LogP contribution in [0.3, 0.4) is 0 Å². The molecule has 0 atom stereocenters. The number of rotatable bonds is 7. The van der Waals surface area contributed by atoms with Crippen molar-refractivity contribution in [3.05, 3.63) is 83.9 Å². The van der Waals surface area contributed by atoms with Gasteiger partial charge in [-0.15, -0.1) is 0 Å². The number of nitrogens with one attached hydrogen (secondary N) is 1. The molecule has 1 aliphatic rings. The molecule has 3 aromatic carbocycles. The van der Waals surface area contributed by atoms with Crippen molar-refractivity contribution >= 4 is 40.6 Å². The molecule has 4 aromatic rings. The monoisotopic (exact) mass is 503 g/mol. The number of oxazole rings is 1. The largest absolute Gasteiger partial charge is 0.431 e. The topological polar surface area (TPSA) is 58.4 Å². The Morgan fingerprint density at radius 2 is 1.60 bits per heavy atom. The molecule has 0 radical (unpaired) electrons. The predicted octanol–water partition coefficient (Wildman–Crippen LogP) is 7.38. The van der Waals surface area contributed by atoms with Gasteiger partial charge in [0.05, 0.1) is 22.2 Å². The molecule has 2 heterocycles. The summed E-state index contributed by atoms with van der Waals surface area (Å²) in [6, 6.07) is 25.5. The van der Waals surface area contributed by atoms with Gasteiger partial charge in [-0.05, 0) is 31.4 Å². The highest BCUT2D eigenvalue weighted by molar-refractivity contribution is 7.99. The molecule has 1 aliphatic heterocycles. The number of aromatic nitrogens is 1. The van der Waals surface area contributed by atoms with Crippen LogP contribution in [0.2, 0.25) is 5.02 Å². The molecule has 35 heavy (non-hydrogen) atoms. The van der Waals surface area contributed by atoms with Crippen molar-refractivity contribution in [2.24, 2.45) is 0 Å². The molecule has 5 nitrogen and oxygen atoms in total. The van der Waals surface area contributed by atoms with Crippen molar-refractivity contribution in [2.45, 2.75) is 24.5 Å². The Labute approximate surface area is 214 Å². The molecule has 0 unspecified atom stereocenters. The van der Waals surface area contributed by atoms with Crippen LogP contribution in [-0.4, -0.2) is 29.7 Å². The normalized spacial score (nSPS) is 13.6. The van der Waals surface area contributed by atoms with Gasteiger partial charge < -0.3 is 14.6 Å². The van der Waals surface area contributed by atoms with Gasteiger partial charge in [0.25, 0.3) is 5.22 Å². The number of amides is 1. The van der Waals surface area contributed by atoms with E-state index in [0.29, 0.717) is 16.0 Å². The lowest BCUT2D eigenvalue weighted by atomic mass is 10.1. The summed E-state index contributed by atoms with van der Waals surface area (Å²) < 4.78 is 6.14. The van der Waals surface area contributed by atoms with E-state index in [0.717, 1.165) is 54.1 Å². The summed E-state index contributed by atoms with van der Waals surface area (Å²) in [5.74, 6) is 0.743. The van der Waals surface area contributed by atoms with Crippen molar-refractivity contribution in [2.75, 3.05) is 29.1 Å². The van der Waals surface area contributed by atoms with Crippen LogP contribution in [0.15, 0.2) is 88.5 Å². The van der Waals surface area contributed by atoms with Crippen molar-refractivity contribution in [3.63, 3.8) is 0 Å². The maximum absolute atomic E-state index is 12.9. The van der Waals surface area contributed by atoms with Gasteiger partial charge in [-0.2, -0.15) is 0 Å². The third-order valence-electron chi connectivity index (χ3n) is 5.95. The first-order valence-corrected chi connectivity index (χ1v) is 13.1. The number of piperidine rings is 1. The Balaban J connectivity index is 1.33. The van der Waals surface area contributed by atoms with Gasteiger partial charge in [-0.3, -0.25) is 4.79 Å². The Morgan fingerprint density at radius 1 is 0.914 bits per heavy atom. The smallest absolute Gasteiger partial charge is 0.257 e. The summed E-state index contributed by atoms with van der Waals surface area (Å²) in [5, 5.41) is 4.16. The number of halogens is 1. The number of para-hydroxylation sites is 1. The number of anilines is 2. The summed E-state index contributed by atoms with van der Waals surface area (Å²) in [6.45, 7) is 1.89. The minimum Gasteiger partial charge on any atom is -0.431 e. The summed E-state index contributed by atoms with van der Waals surface area (Å²) in [5.41, 5.74) is 4.33. The molecular weight excluding hydrogens is 478 g/mol. The SMILES string of the molecule is O=C(CSc1nc(-c2ccccc2)c(-c2ccccc2)o1)Nc1cccc(Cl)c1N1CCCCC1. The number of nitrogens with zero attached hydrogens (tertiary/aromatic N) is 2. The van der Waals surface area contributed by atoms with Crippen LogP contribution in [0, 0.1) is 0 Å². The van der Waals surface area contributed by atoms with Crippen LogP contribution in [0.4, 0.5) is 11.4 Å². The third kappa shape index (κ3) is 5.55. The van der Waals surface area contributed by atoms with Gasteiger partial charge in [0.15, 0.2) is 5.76 Å². The van der Waals surface area contributed by atoms with E-state index in [4.69, 9.17) is 21.0 Å². The maximum Gasteiger partial charge on any atom is 0.257 e. The Bertz CT molecular complexity index is 1230. The second-order valence-electron chi connectivity index (χ2n) is 8.41. The number of carbonyl (C=O) groups is 1. The molecule has 1 saturated heterocycles. The lowest BCUT2D eigenvalue weighted by molar-refractivity contribution is -0.113. The van der Waals surface area contributed by atoms with Gasteiger partial charge in [0.2, 0.25) is 5.91 Å². The minimum absolute atomic E-state index is 0.128. The van der Waals surface area contributed by atoms with E-state index in [2.05, 4.69) is 10.2 Å². The van der Waals surface area contributed by atoms with E-state index < -0.39 is 0 Å². The van der Waals surface area contributed by atoms with Crippen LogP contribution >= 0.6 is 23.4 Å². The summed E-state index contributed by atoms with van der Waals surface area (Å²) in [4.78, 5) is 19.9. The molecular formula is C28H26ClN3O2S. The van der Waals surface area contributed by atoms with Crippen molar-refractivity contribution < 1.29 is 9.21 Å². The van der Waals surface area contributed by atoms with E-state index in [1.54, 1.807) is 0 Å². The molecule has 5 rings (SSSR count). The highest BCUT2D eigenvalue weighted by atomic mass is 35.5. The number of thioether (sulfide) groups is 1. The zero-order valence-electron chi connectivity index (χ0n) is 19.2. The molecule has 0 spiro atoms. The molecule has 1 N–H and O–H groups in total. The first kappa shape index (κ1) is 23.5. The van der Waals surface area contributed by atoms with E-state index in [1.807, 2.05) is 78.9 Å². The van der Waals surface area contributed by atoms with Crippen LogP contribution in [-0.2, 0) is 4.79 Å². The highest BCUT2D eigenvalue weighted by Gasteiger charge is 2.20. The molecule has 1 fully saturated rings. The van der Waals surface area contributed by atoms with Gasteiger partial charge >= 0.3 is 0 Å². The van der Waals surface area contributed by atoms with Crippen molar-refractivity contribution in [1.29, 1.82) is 0 Å². The molecule has 0 bridgehead atoms. The molecule has 0 saturated carbocycles. The Hall–Kier alpha value is -3.22. The van der Waals surface area contributed by atoms with Crippen LogP contribution in [0.5, 0.6) is 0 Å². The maximum atomic E-state index is 12.9. The van der Waals surface area contributed by atoms with Gasteiger partial charge in [0.1, 0.15) is 5.69 Å². The van der Waals surface area contributed by atoms with Crippen LogP contribution < -0.4 is 10.2 Å². The predicted molar refractivity (Wildman–Crippen MR) is 144 cm³/mol. The third-order valence-corrected chi connectivity index (χ3v) is 7.08. The Kier molecular flexibility index (Phi) is 7.40. The first-order chi connectivity index (χ1) is 17.2. The summed E-state index contributed by atoms with van der Waals surface area (Å²) in [7, 11) is 0. The number of benzene rings is 3. The standard InChI is InChI=1S/C28H26ClN3O2S/c29-22-15-10-16-23(26(22)32-17-8-3-9-18-32)30-24(33)19-35-28-31-25(20-11-4-1-5-12-20)27(34-28)21-13-6-2-7-14-21/h1-2,4-7,10-16H,3,8-9,17-19H2,(H,30,33). The zero-order chi connectivity index (χ0) is 24.0. The average Bonchev–Trinajstić information content (AvgIpc) is 3.34. The second-order valence-corrected chi connectivity index (χ2v) is 9.74. The lowest BCUT2D eigenvalue weighted by Gasteiger charge is -2.31. The number of hydrogen-bond acceptors (Lipinski definition) is 5. The molecule has 0 aliphatic carbocycles. The molecule has 1 aromatic heterocycles. The summed E-state index contributed by atoms with van der Waals surface area (Å²) in [6.07, 6.45) is 3.49. The molecule has 7 heteroatoms. The summed E-state index contributed by atoms with van der Waals surface area (Å²) >= 11 is 7.81. The van der Waals surface area contributed by atoms with E-state index in [1.165, 1.54) is 18.2 Å². The van der Waals surface area contributed by atoms with Crippen molar-refractivity contribution in [3.8, 4) is 22.6 Å². The Morgan fingerprint density at radius 3 is 2.31 bits per heavy atom. The number of hydrogen-bond donors (Lipinski definition) is 1. The minimum atomic E-state index is -0.128. The van der Waals surface area contributed by atoms with E-state index in [9.17, 15) is 4.79 Å². The molecule has 178 valence electrons. The van der Waals surface area contributed by atoms with Gasteiger partial charge in [0, 0.05) is 24.2 Å².